The molecule has 2 amide bonds. The molecule has 0 atom stereocenters. The lowest BCUT2D eigenvalue weighted by atomic mass is 10.1. The van der Waals surface area contributed by atoms with Gasteiger partial charge in [0.05, 0.1) is 6.61 Å². The molecule has 1 aliphatic rings. The van der Waals surface area contributed by atoms with Gasteiger partial charge in [-0.3, -0.25) is 9.59 Å². The van der Waals surface area contributed by atoms with Gasteiger partial charge in [0.25, 0.3) is 5.91 Å². The fraction of sp³-hybridized carbons (Fsp3) is 0.263. The highest BCUT2D eigenvalue weighted by atomic mass is 16.3. The number of carbonyl (C=O) groups excluding carboxylic acids is 2. The average Bonchev–Trinajstić information content (AvgIpc) is 3.45. The van der Waals surface area contributed by atoms with Crippen molar-refractivity contribution in [3.05, 3.63) is 65.2 Å². The van der Waals surface area contributed by atoms with Crippen LogP contribution in [0.1, 0.15) is 34.3 Å². The zero-order chi connectivity index (χ0) is 16.9. The zero-order valence-corrected chi connectivity index (χ0v) is 13.3. The smallest absolute Gasteiger partial charge is 0.251 e. The van der Waals surface area contributed by atoms with Crippen LogP contribution in [0, 0.1) is 5.92 Å². The van der Waals surface area contributed by atoms with Crippen LogP contribution in [0.4, 0.5) is 5.69 Å². The van der Waals surface area contributed by atoms with Gasteiger partial charge in [-0.05, 0) is 42.2 Å². The molecule has 0 bridgehead atoms. The Morgan fingerprint density at radius 3 is 2.50 bits per heavy atom. The first-order chi connectivity index (χ1) is 11.7. The van der Waals surface area contributed by atoms with Crippen molar-refractivity contribution in [3.8, 4) is 0 Å². The second-order valence-corrected chi connectivity index (χ2v) is 5.95. The Morgan fingerprint density at radius 1 is 1.04 bits per heavy atom. The molecule has 24 heavy (non-hydrogen) atoms. The molecule has 124 valence electrons. The van der Waals surface area contributed by atoms with Gasteiger partial charge in [-0.25, -0.2) is 0 Å². The highest BCUT2D eigenvalue weighted by molar-refractivity contribution is 5.98. The maximum Gasteiger partial charge on any atom is 0.251 e. The molecule has 0 saturated heterocycles. The number of anilines is 1. The first kappa shape index (κ1) is 16.2. The van der Waals surface area contributed by atoms with Gasteiger partial charge in [0, 0.05) is 23.7 Å². The normalized spacial score (nSPS) is 13.4. The maximum atomic E-state index is 12.3. The summed E-state index contributed by atoms with van der Waals surface area (Å²) in [6.45, 7) is 0.281. The Balaban J connectivity index is 1.63. The topological polar surface area (TPSA) is 78.4 Å². The Morgan fingerprint density at radius 2 is 1.79 bits per heavy atom. The molecule has 0 aliphatic heterocycles. The summed E-state index contributed by atoms with van der Waals surface area (Å²) >= 11 is 0. The van der Waals surface area contributed by atoms with Crippen LogP contribution in [-0.2, 0) is 17.9 Å². The van der Waals surface area contributed by atoms with Gasteiger partial charge < -0.3 is 15.7 Å². The number of aliphatic hydroxyl groups is 1. The van der Waals surface area contributed by atoms with Crippen LogP contribution >= 0.6 is 0 Å². The fourth-order valence-corrected chi connectivity index (χ4v) is 2.49. The summed E-state index contributed by atoms with van der Waals surface area (Å²) in [5.74, 6) is -0.0767. The minimum Gasteiger partial charge on any atom is -0.392 e. The Bertz CT molecular complexity index is 754. The lowest BCUT2D eigenvalue weighted by Gasteiger charge is -2.10. The monoisotopic (exact) mass is 324 g/mol. The van der Waals surface area contributed by atoms with Crippen LogP contribution < -0.4 is 10.6 Å². The number of hydrogen-bond donors (Lipinski definition) is 3. The van der Waals surface area contributed by atoms with Crippen LogP contribution in [0.15, 0.2) is 48.5 Å². The van der Waals surface area contributed by atoms with E-state index in [2.05, 4.69) is 10.6 Å². The van der Waals surface area contributed by atoms with Crippen LogP contribution in [0.5, 0.6) is 0 Å². The molecule has 5 nitrogen and oxygen atoms in total. The van der Waals surface area contributed by atoms with Gasteiger partial charge in [0.2, 0.25) is 5.91 Å². The van der Waals surface area contributed by atoms with E-state index < -0.39 is 0 Å². The molecule has 3 N–H and O–H groups in total. The van der Waals surface area contributed by atoms with Crippen LogP contribution in [0.2, 0.25) is 0 Å². The minimum atomic E-state index is -0.217. The highest BCUT2D eigenvalue weighted by Gasteiger charge is 2.29. The predicted octanol–water partition coefficient (Wildman–Crippen LogP) is 2.46. The first-order valence-electron chi connectivity index (χ1n) is 8.04. The number of benzene rings is 2. The molecule has 0 aromatic heterocycles. The summed E-state index contributed by atoms with van der Waals surface area (Å²) in [6, 6.07) is 14.3. The van der Waals surface area contributed by atoms with E-state index in [-0.39, 0.29) is 24.3 Å². The van der Waals surface area contributed by atoms with E-state index in [0.29, 0.717) is 17.8 Å². The van der Waals surface area contributed by atoms with Gasteiger partial charge in [0.1, 0.15) is 0 Å². The molecule has 1 fully saturated rings. The molecule has 0 spiro atoms. The van der Waals surface area contributed by atoms with Gasteiger partial charge in [0.15, 0.2) is 0 Å². The quantitative estimate of drug-likeness (QED) is 0.764. The SMILES string of the molecule is O=C(NCc1ccccc1CO)c1cccc(NC(=O)C2CC2)c1. The second-order valence-electron chi connectivity index (χ2n) is 5.95. The van der Waals surface area contributed by atoms with E-state index in [9.17, 15) is 14.7 Å². The van der Waals surface area contributed by atoms with Gasteiger partial charge in [-0.2, -0.15) is 0 Å². The Labute approximate surface area is 140 Å². The van der Waals surface area contributed by atoms with Gasteiger partial charge >= 0.3 is 0 Å². The molecule has 3 rings (SSSR count). The largest absolute Gasteiger partial charge is 0.392 e. The van der Waals surface area contributed by atoms with E-state index in [0.717, 1.165) is 24.0 Å². The third-order valence-electron chi connectivity index (χ3n) is 4.07. The molecule has 1 saturated carbocycles. The van der Waals surface area contributed by atoms with E-state index in [1.807, 2.05) is 24.3 Å². The van der Waals surface area contributed by atoms with E-state index in [1.165, 1.54) is 0 Å². The van der Waals surface area contributed by atoms with Crippen molar-refractivity contribution in [1.29, 1.82) is 0 Å². The van der Waals surface area contributed by atoms with Crippen molar-refractivity contribution in [2.75, 3.05) is 5.32 Å². The molecular formula is C19H20N2O3. The number of nitrogens with one attached hydrogen (secondary N) is 2. The third-order valence-corrected chi connectivity index (χ3v) is 4.07. The summed E-state index contributed by atoms with van der Waals surface area (Å²) in [4.78, 5) is 24.1. The standard InChI is InChI=1S/C19H20N2O3/c22-12-16-5-2-1-4-15(16)11-20-18(23)14-6-3-7-17(10-14)21-19(24)13-8-9-13/h1-7,10,13,22H,8-9,11-12H2,(H,20,23)(H,21,24). The summed E-state index contributed by atoms with van der Waals surface area (Å²) in [7, 11) is 0. The van der Waals surface area contributed by atoms with Crippen molar-refractivity contribution in [1.82, 2.24) is 5.32 Å². The molecule has 0 heterocycles. The lowest BCUT2D eigenvalue weighted by molar-refractivity contribution is -0.117. The summed E-state index contributed by atoms with van der Waals surface area (Å²) in [6.07, 6.45) is 1.88. The van der Waals surface area contributed by atoms with Gasteiger partial charge in [-0.1, -0.05) is 30.3 Å². The summed E-state index contributed by atoms with van der Waals surface area (Å²) in [5, 5.41) is 15.0. The van der Waals surface area contributed by atoms with Crippen LogP contribution in [0.25, 0.3) is 0 Å². The number of hydrogen-bond acceptors (Lipinski definition) is 3. The number of rotatable bonds is 6. The minimum absolute atomic E-state index is 0.0180. The summed E-state index contributed by atoms with van der Waals surface area (Å²) in [5.41, 5.74) is 2.80. The van der Waals surface area contributed by atoms with Crippen molar-refractivity contribution in [2.24, 2.45) is 5.92 Å². The van der Waals surface area contributed by atoms with Gasteiger partial charge in [-0.15, -0.1) is 0 Å². The molecule has 1 aliphatic carbocycles. The van der Waals surface area contributed by atoms with Crippen molar-refractivity contribution < 1.29 is 14.7 Å². The zero-order valence-electron chi connectivity index (χ0n) is 13.3. The fourth-order valence-electron chi connectivity index (χ4n) is 2.49. The van der Waals surface area contributed by atoms with E-state index >= 15 is 0 Å². The predicted molar refractivity (Wildman–Crippen MR) is 91.3 cm³/mol. The Kier molecular flexibility index (Phi) is 4.91. The average molecular weight is 324 g/mol. The summed E-state index contributed by atoms with van der Waals surface area (Å²) < 4.78 is 0. The molecule has 2 aromatic rings. The van der Waals surface area contributed by atoms with Crippen molar-refractivity contribution >= 4 is 17.5 Å². The van der Waals surface area contributed by atoms with Crippen molar-refractivity contribution in [3.63, 3.8) is 0 Å². The highest BCUT2D eigenvalue weighted by Crippen LogP contribution is 2.30. The molecule has 0 unspecified atom stereocenters. The molecule has 0 radical (unpaired) electrons. The lowest BCUT2D eigenvalue weighted by Crippen LogP contribution is -2.23. The second kappa shape index (κ2) is 7.27. The third kappa shape index (κ3) is 4.00. The maximum absolute atomic E-state index is 12.3. The molecule has 2 aromatic carbocycles. The number of carbonyl (C=O) groups is 2. The Hall–Kier alpha value is -2.66. The molecular weight excluding hydrogens is 304 g/mol. The first-order valence-corrected chi connectivity index (χ1v) is 8.04. The van der Waals surface area contributed by atoms with E-state index in [1.54, 1.807) is 24.3 Å². The van der Waals surface area contributed by atoms with Crippen LogP contribution in [0.3, 0.4) is 0 Å². The van der Waals surface area contributed by atoms with Crippen molar-refractivity contribution in [2.45, 2.75) is 26.0 Å². The number of amides is 2. The van der Waals surface area contributed by atoms with Crippen LogP contribution in [-0.4, -0.2) is 16.9 Å². The number of aliphatic hydroxyl groups excluding tert-OH is 1. The molecule has 5 heteroatoms. The van der Waals surface area contributed by atoms with E-state index in [4.69, 9.17) is 0 Å².